The number of hydrogen-bond donors (Lipinski definition) is 0. The Morgan fingerprint density at radius 3 is 0.647 bits per heavy atom. The molecule has 0 fully saturated rings. The van der Waals surface area contributed by atoms with E-state index in [2.05, 4.69) is 422 Å². The van der Waals surface area contributed by atoms with E-state index in [0.29, 0.717) is 52.8 Å². The van der Waals surface area contributed by atoms with Crippen LogP contribution in [0.3, 0.4) is 0 Å². The number of benzene rings is 22. The van der Waals surface area contributed by atoms with Crippen molar-refractivity contribution in [3.8, 4) is 114 Å². The van der Waals surface area contributed by atoms with E-state index in [9.17, 15) is 0 Å². The van der Waals surface area contributed by atoms with E-state index in [1.54, 1.807) is 0 Å². The van der Waals surface area contributed by atoms with Gasteiger partial charge in [-0.3, -0.25) is 13.7 Å². The van der Waals surface area contributed by atoms with E-state index in [1.807, 2.05) is 121 Å². The Hall–Kier alpha value is -20.6. The van der Waals surface area contributed by atoms with E-state index in [0.717, 1.165) is 149 Å². The summed E-state index contributed by atoms with van der Waals surface area (Å²) < 4.78 is 13.8. The predicted octanol–water partition coefficient (Wildman–Crippen LogP) is 33.3. The third kappa shape index (κ3) is 14.8. The summed E-state index contributed by atoms with van der Waals surface area (Å²) in [5.41, 5.74) is 24.7. The minimum absolute atomic E-state index is 0.582. The fourth-order valence-electron chi connectivity index (χ4n) is 22.3. The molecule has 0 aliphatic carbocycles. The van der Waals surface area contributed by atoms with Crippen molar-refractivity contribution in [3.63, 3.8) is 0 Å². The Morgan fingerprint density at radius 2 is 0.327 bits per heavy atom. The summed E-state index contributed by atoms with van der Waals surface area (Å²) >= 11 is 0. The van der Waals surface area contributed by atoms with Gasteiger partial charge in [0.1, 0.15) is 0 Å². The minimum Gasteiger partial charge on any atom is -0.309 e. The van der Waals surface area contributed by atoms with Gasteiger partial charge in [-0.05, 0) is 165 Å². The number of aromatic nitrogens is 15. The molecule has 0 unspecified atom stereocenters. The molecule has 15 heteroatoms. The molecule has 22 aromatic carbocycles. The van der Waals surface area contributed by atoms with Gasteiger partial charge in [-0.25, -0.2) is 15.0 Å². The van der Waals surface area contributed by atoms with Crippen molar-refractivity contribution in [2.45, 2.75) is 0 Å². The molecular formula is C135H85N15. The molecule has 0 atom stereocenters. The summed E-state index contributed by atoms with van der Waals surface area (Å²) in [6.07, 6.45) is 0. The molecule has 0 bridgehead atoms. The average Bonchev–Trinajstić information content (AvgIpc) is 1.56. The zero-order valence-electron chi connectivity index (χ0n) is 80.8. The number of hydrogen-bond acceptors (Lipinski definition) is 9. The van der Waals surface area contributed by atoms with Crippen LogP contribution in [-0.2, 0) is 0 Å². The van der Waals surface area contributed by atoms with Crippen molar-refractivity contribution in [3.05, 3.63) is 516 Å². The third-order valence-electron chi connectivity index (χ3n) is 29.2. The molecule has 150 heavy (non-hydrogen) atoms. The van der Waals surface area contributed by atoms with Crippen LogP contribution in [0.1, 0.15) is 0 Å². The van der Waals surface area contributed by atoms with Crippen molar-refractivity contribution in [2.75, 3.05) is 0 Å². The average molecular weight is 1920 g/mol. The molecule has 31 aromatic rings. The first-order valence-corrected chi connectivity index (χ1v) is 50.5. The lowest BCUT2D eigenvalue weighted by Gasteiger charge is -2.12. The van der Waals surface area contributed by atoms with Crippen LogP contribution < -0.4 is 0 Å². The molecule has 0 aliphatic rings. The maximum absolute atomic E-state index is 5.27. The number of fused-ring (bicyclic) bond motifs is 21. The van der Waals surface area contributed by atoms with Gasteiger partial charge in [-0.2, -0.15) is 29.9 Å². The van der Waals surface area contributed by atoms with Crippen LogP contribution in [0, 0.1) is 0 Å². The Kier molecular flexibility index (Phi) is 20.6. The first-order chi connectivity index (χ1) is 74.4. The molecule has 0 amide bonds. The Balaban J connectivity index is 0.000000106. The highest BCUT2D eigenvalue weighted by Crippen LogP contribution is 2.46. The maximum atomic E-state index is 5.27. The van der Waals surface area contributed by atoms with Crippen LogP contribution in [0.15, 0.2) is 516 Å². The van der Waals surface area contributed by atoms with Crippen LogP contribution in [0.2, 0.25) is 0 Å². The van der Waals surface area contributed by atoms with Crippen LogP contribution in [0.4, 0.5) is 0 Å². The molecule has 15 nitrogen and oxygen atoms in total. The molecule has 9 heterocycles. The van der Waals surface area contributed by atoms with Crippen molar-refractivity contribution in [2.24, 2.45) is 0 Å². The zero-order valence-corrected chi connectivity index (χ0v) is 80.8. The van der Waals surface area contributed by atoms with Gasteiger partial charge in [-0.15, -0.1) is 0 Å². The molecule has 0 radical (unpaired) electrons. The van der Waals surface area contributed by atoms with E-state index in [-0.39, 0.29) is 0 Å². The van der Waals surface area contributed by atoms with Crippen molar-refractivity contribution >= 4 is 163 Å². The van der Waals surface area contributed by atoms with Crippen LogP contribution in [-0.4, -0.2) is 72.3 Å². The number of nitrogens with zero attached hydrogens (tertiary/aromatic N) is 15. The molecule has 31 rings (SSSR count). The first kappa shape index (κ1) is 86.2. The van der Waals surface area contributed by atoms with Gasteiger partial charge in [0.25, 0.3) is 0 Å². The fraction of sp³-hybridized carbons (Fsp3) is 0. The molecule has 700 valence electrons. The monoisotopic (exact) mass is 1920 g/mol. The van der Waals surface area contributed by atoms with E-state index in [4.69, 9.17) is 44.9 Å². The van der Waals surface area contributed by atoms with E-state index >= 15 is 0 Å². The van der Waals surface area contributed by atoms with E-state index in [1.165, 1.54) is 76.0 Å². The van der Waals surface area contributed by atoms with Gasteiger partial charge >= 0.3 is 0 Å². The van der Waals surface area contributed by atoms with Crippen LogP contribution in [0.25, 0.3) is 278 Å². The maximum Gasteiger partial charge on any atom is 0.238 e. The minimum atomic E-state index is 0.582. The van der Waals surface area contributed by atoms with Crippen molar-refractivity contribution in [1.29, 1.82) is 0 Å². The SMILES string of the molecule is c1ccc(-c2cccc(-n3c4ccccc4c4cc5c(cc43)c3ccccc3n5-c3nc(-c4ccccc4)nc(-c4ccccc4)n3)c2)cc1.c1ccc(-c2nc(-c3ccccc3)nc(-n3c4ccccc4c4cc5c(cc43)c3ccccc3n5-c3ccc4ccccc4c3)n2)cc1.c1ccc(-n2c3ccccc3c3cc4c(cc32)c2ccccc2n4-c2nc(-c3ccc4ccccc4c3)nc(-c3ccc4ccccc4c3)n2)cc1. The summed E-state index contributed by atoms with van der Waals surface area (Å²) in [7, 11) is 0. The Labute approximate surface area is 859 Å². The summed E-state index contributed by atoms with van der Waals surface area (Å²) in [4.78, 5) is 46.2. The van der Waals surface area contributed by atoms with Gasteiger partial charge in [0.15, 0.2) is 34.9 Å². The molecule has 0 N–H and O–H groups in total. The summed E-state index contributed by atoms with van der Waals surface area (Å²) in [6.45, 7) is 0. The lowest BCUT2D eigenvalue weighted by molar-refractivity contribution is 0.953. The Bertz CT molecular complexity index is 10600. The second-order valence-corrected chi connectivity index (χ2v) is 38.0. The van der Waals surface area contributed by atoms with Crippen molar-refractivity contribution in [1.82, 2.24) is 72.3 Å². The molecule has 0 saturated carbocycles. The van der Waals surface area contributed by atoms with Crippen LogP contribution >= 0.6 is 0 Å². The number of rotatable bonds is 13. The van der Waals surface area contributed by atoms with Gasteiger partial charge in [0, 0.05) is 115 Å². The second-order valence-electron chi connectivity index (χ2n) is 38.0. The molecule has 0 aliphatic heterocycles. The summed E-state index contributed by atoms with van der Waals surface area (Å²) in [6, 6.07) is 181. The van der Waals surface area contributed by atoms with Gasteiger partial charge in [-0.1, -0.05) is 394 Å². The normalized spacial score (nSPS) is 11.7. The topological polar surface area (TPSA) is 146 Å². The van der Waals surface area contributed by atoms with Gasteiger partial charge in [0.05, 0.1) is 66.2 Å². The molecule has 9 aromatic heterocycles. The second kappa shape index (κ2) is 35.8. The quantitative estimate of drug-likeness (QED) is 0.110. The zero-order chi connectivity index (χ0) is 98.8. The standard InChI is InChI=1S/C47H29N5.C45H29N5.C43H27N5/c1-2-16-36(17-3-1)51-41-20-10-8-18-37(41)39-29-44-40(28-43(39)51)38-19-9-11-21-42(38)52(44)47-49-45(34-24-22-30-12-4-6-14-32(30)26-34)48-46(50-47)35-25-23-31-13-5-7-15-33(31)27-35;1-4-15-30(16-5-1)33-21-14-22-34(27-33)49-39-25-12-10-23-35(39)37-29-42-38(28-41(37)49)36-24-11-13-26-40(36)50(42)45-47-43(31-17-6-2-7-18-31)46-44(48-45)32-19-8-3-9-20-32;1-3-14-29(15-4-1)41-44-42(30-16-5-2-6-17-30)46-43(45-41)48-38-22-12-10-20-34(38)36-26-39-35(27-40(36)48)33-19-9-11-21-37(33)47(39)32-24-23-28-13-7-8-18-31(28)25-32/h1-29H;1-29H;1-27H. The largest absolute Gasteiger partial charge is 0.309 e. The van der Waals surface area contributed by atoms with Crippen LogP contribution in [0.5, 0.6) is 0 Å². The van der Waals surface area contributed by atoms with E-state index < -0.39 is 0 Å². The summed E-state index contributed by atoms with van der Waals surface area (Å²) in [5.74, 6) is 5.57. The third-order valence-corrected chi connectivity index (χ3v) is 29.2. The van der Waals surface area contributed by atoms with Gasteiger partial charge < -0.3 is 13.7 Å². The Morgan fingerprint density at radius 1 is 0.107 bits per heavy atom. The molecular weight excluding hydrogens is 1830 g/mol. The van der Waals surface area contributed by atoms with Gasteiger partial charge in [0.2, 0.25) is 17.8 Å². The molecule has 0 saturated heterocycles. The predicted molar refractivity (Wildman–Crippen MR) is 616 cm³/mol. The highest BCUT2D eigenvalue weighted by molar-refractivity contribution is 6.23. The van der Waals surface area contributed by atoms with Crippen molar-refractivity contribution < 1.29 is 0 Å². The lowest BCUT2D eigenvalue weighted by atomic mass is 10.1. The first-order valence-electron chi connectivity index (χ1n) is 50.5. The number of para-hydroxylation sites is 7. The highest BCUT2D eigenvalue weighted by atomic mass is 15.2. The molecule has 0 spiro atoms. The smallest absolute Gasteiger partial charge is 0.238 e. The lowest BCUT2D eigenvalue weighted by Crippen LogP contribution is -2.06. The summed E-state index contributed by atoms with van der Waals surface area (Å²) in [5, 5.41) is 21.1. The fourth-order valence-corrected chi connectivity index (χ4v) is 22.3. The highest BCUT2D eigenvalue weighted by Gasteiger charge is 2.28.